The first kappa shape index (κ1) is 28.1. The quantitative estimate of drug-likeness (QED) is 0.232. The van der Waals surface area contributed by atoms with Gasteiger partial charge in [-0.3, -0.25) is 14.4 Å². The number of rotatable bonds is 13. The van der Waals surface area contributed by atoms with Crippen molar-refractivity contribution in [2.75, 3.05) is 31.2 Å². The summed E-state index contributed by atoms with van der Waals surface area (Å²) in [7, 11) is 0. The highest BCUT2D eigenvalue weighted by Gasteiger charge is 2.75. The number of fused-ring (bicyclic) bond motifs is 2. The second-order valence-corrected chi connectivity index (χ2v) is 10.9. The molecule has 2 aromatic rings. The maximum Gasteiger partial charge on any atom is 0.312 e. The Morgan fingerprint density at radius 2 is 1.88 bits per heavy atom. The van der Waals surface area contributed by atoms with Crippen LogP contribution in [-0.4, -0.2) is 71.8 Å². The van der Waals surface area contributed by atoms with Crippen molar-refractivity contribution < 1.29 is 29.0 Å². The number of unbranched alkanes of at least 4 members (excludes halogenated alkanes) is 3. The van der Waals surface area contributed by atoms with Gasteiger partial charge < -0.3 is 24.4 Å². The molecule has 3 aliphatic rings. The Morgan fingerprint density at radius 3 is 2.62 bits per heavy atom. The number of ether oxygens (including phenoxy) is 2. The molecule has 0 aliphatic carbocycles. The van der Waals surface area contributed by atoms with Crippen molar-refractivity contribution in [2.45, 2.75) is 56.3 Å². The molecule has 3 fully saturated rings. The highest BCUT2D eigenvalue weighted by atomic mass is 16.6. The molecule has 3 heterocycles. The summed E-state index contributed by atoms with van der Waals surface area (Å²) in [6.07, 6.45) is 6.87. The minimum atomic E-state index is -1.09. The van der Waals surface area contributed by atoms with E-state index in [0.29, 0.717) is 37.9 Å². The summed E-state index contributed by atoms with van der Waals surface area (Å²) in [6, 6.07) is 13.0. The normalized spacial score (nSPS) is 26.6. The number of aliphatic hydroxyl groups is 1. The number of hydrogen-bond acceptors (Lipinski definition) is 6. The van der Waals surface area contributed by atoms with Crippen molar-refractivity contribution in [1.82, 2.24) is 4.90 Å². The number of hydrogen-bond donors (Lipinski definition) is 1. The van der Waals surface area contributed by atoms with Gasteiger partial charge >= 0.3 is 5.97 Å². The zero-order valence-corrected chi connectivity index (χ0v) is 22.9. The minimum absolute atomic E-state index is 0.0575. The highest BCUT2D eigenvalue weighted by molar-refractivity contribution is 6.05. The van der Waals surface area contributed by atoms with Crippen molar-refractivity contribution in [3.63, 3.8) is 0 Å². The highest BCUT2D eigenvalue weighted by Crippen LogP contribution is 2.59. The zero-order valence-electron chi connectivity index (χ0n) is 22.9. The Kier molecular flexibility index (Phi) is 8.38. The Balaban J connectivity index is 1.51. The molecule has 1 N–H and O–H groups in total. The molecule has 5 rings (SSSR count). The number of esters is 1. The van der Waals surface area contributed by atoms with Gasteiger partial charge in [0, 0.05) is 25.4 Å². The first-order valence-corrected chi connectivity index (χ1v) is 14.2. The van der Waals surface area contributed by atoms with Crippen LogP contribution in [0.25, 0.3) is 10.8 Å². The monoisotopic (exact) mass is 546 g/mol. The summed E-state index contributed by atoms with van der Waals surface area (Å²) < 4.78 is 11.9. The average molecular weight is 547 g/mol. The lowest BCUT2D eigenvalue weighted by Crippen LogP contribution is -2.56. The number of aliphatic hydroxyl groups excluding tert-OH is 1. The predicted octanol–water partition coefficient (Wildman–Crippen LogP) is 4.02. The molecule has 0 aromatic heterocycles. The second-order valence-electron chi connectivity index (χ2n) is 10.9. The lowest BCUT2D eigenvalue weighted by Gasteiger charge is -2.37. The van der Waals surface area contributed by atoms with Gasteiger partial charge in [-0.25, -0.2) is 0 Å². The van der Waals surface area contributed by atoms with Crippen LogP contribution in [0.5, 0.6) is 0 Å². The van der Waals surface area contributed by atoms with Gasteiger partial charge in [0.2, 0.25) is 5.91 Å². The minimum Gasteiger partial charge on any atom is -0.461 e. The van der Waals surface area contributed by atoms with E-state index in [-0.39, 0.29) is 31.6 Å². The summed E-state index contributed by atoms with van der Waals surface area (Å²) in [4.78, 5) is 45.1. The molecular formula is C32H38N2O6. The first-order chi connectivity index (χ1) is 19.5. The molecule has 0 saturated carbocycles. The van der Waals surface area contributed by atoms with E-state index in [1.807, 2.05) is 42.5 Å². The summed E-state index contributed by atoms with van der Waals surface area (Å²) in [5, 5.41) is 11.2. The fourth-order valence-corrected chi connectivity index (χ4v) is 6.87. The van der Waals surface area contributed by atoms with Crippen LogP contribution >= 0.6 is 0 Å². The molecule has 0 radical (unpaired) electrons. The smallest absolute Gasteiger partial charge is 0.312 e. The van der Waals surface area contributed by atoms with Gasteiger partial charge in [-0.05, 0) is 48.6 Å². The predicted molar refractivity (Wildman–Crippen MR) is 153 cm³/mol. The first-order valence-electron chi connectivity index (χ1n) is 14.2. The number of anilines is 1. The van der Waals surface area contributed by atoms with Gasteiger partial charge in [0.1, 0.15) is 18.2 Å². The molecule has 2 unspecified atom stereocenters. The molecule has 2 amide bonds. The Hall–Kier alpha value is -3.49. The van der Waals surface area contributed by atoms with Gasteiger partial charge in [-0.15, -0.1) is 6.58 Å². The summed E-state index contributed by atoms with van der Waals surface area (Å²) in [5.41, 5.74) is -0.369. The molecule has 2 bridgehead atoms. The summed E-state index contributed by atoms with van der Waals surface area (Å²) in [5.74, 6) is -2.44. The number of amides is 2. The fourth-order valence-electron chi connectivity index (χ4n) is 6.87. The third-order valence-corrected chi connectivity index (χ3v) is 8.58. The number of likely N-dealkylation sites (tertiary alicyclic amines) is 1. The zero-order chi connectivity index (χ0) is 28.3. The largest absolute Gasteiger partial charge is 0.461 e. The molecule has 2 aromatic carbocycles. The van der Waals surface area contributed by atoms with E-state index in [1.165, 1.54) is 6.08 Å². The van der Waals surface area contributed by atoms with Crippen LogP contribution in [0.1, 0.15) is 38.5 Å². The third kappa shape index (κ3) is 4.84. The third-order valence-electron chi connectivity index (χ3n) is 8.58. The molecule has 40 heavy (non-hydrogen) atoms. The lowest BCUT2D eigenvalue weighted by atomic mass is 9.70. The van der Waals surface area contributed by atoms with Crippen LogP contribution in [0, 0.1) is 11.8 Å². The van der Waals surface area contributed by atoms with Gasteiger partial charge in [0.15, 0.2) is 0 Å². The number of carbonyl (C=O) groups excluding carboxylic acids is 3. The maximum absolute atomic E-state index is 14.6. The van der Waals surface area contributed by atoms with Crippen molar-refractivity contribution in [3.8, 4) is 0 Å². The van der Waals surface area contributed by atoms with Gasteiger partial charge in [-0.2, -0.15) is 0 Å². The molecular weight excluding hydrogens is 508 g/mol. The van der Waals surface area contributed by atoms with Crippen LogP contribution in [0.15, 0.2) is 67.8 Å². The van der Waals surface area contributed by atoms with Crippen molar-refractivity contribution in [2.24, 2.45) is 11.8 Å². The van der Waals surface area contributed by atoms with Crippen LogP contribution in [0.3, 0.4) is 0 Å². The number of carbonyl (C=O) groups is 3. The van der Waals surface area contributed by atoms with E-state index in [4.69, 9.17) is 14.6 Å². The molecule has 1 spiro atoms. The summed E-state index contributed by atoms with van der Waals surface area (Å²) >= 11 is 0. The maximum atomic E-state index is 14.6. The Bertz CT molecular complexity index is 1290. The van der Waals surface area contributed by atoms with Crippen LogP contribution < -0.4 is 4.90 Å². The van der Waals surface area contributed by atoms with E-state index >= 15 is 0 Å². The van der Waals surface area contributed by atoms with Crippen LogP contribution in [0.2, 0.25) is 0 Å². The van der Waals surface area contributed by atoms with E-state index in [1.54, 1.807) is 15.9 Å². The van der Waals surface area contributed by atoms with Gasteiger partial charge in [-0.1, -0.05) is 61.9 Å². The standard InChI is InChI=1S/C32H38N2O6/c1-3-17-33(24-14-13-22-11-7-8-12-23(22)21-24)30(37)28-32-16-15-25(40-32)26(31(38)39-20-4-2)27(32)29(36)34(28)18-9-5-6-10-19-35/h3-4,7-8,11-14,21,25-28,35H,1-2,5-6,9-10,15-20H2/t25-,26+,27-,28?,32?/m0/s1. The van der Waals surface area contributed by atoms with Gasteiger partial charge in [0.05, 0.1) is 17.9 Å². The van der Waals surface area contributed by atoms with Crippen molar-refractivity contribution in [3.05, 3.63) is 67.8 Å². The number of benzene rings is 2. The van der Waals surface area contributed by atoms with Crippen molar-refractivity contribution >= 4 is 34.2 Å². The molecule has 8 nitrogen and oxygen atoms in total. The number of nitrogens with zero attached hydrogens (tertiary/aromatic N) is 2. The van der Waals surface area contributed by atoms with E-state index in [2.05, 4.69) is 13.2 Å². The van der Waals surface area contributed by atoms with E-state index in [9.17, 15) is 14.4 Å². The Labute approximate surface area is 235 Å². The lowest BCUT2D eigenvalue weighted by molar-refractivity contribution is -0.154. The van der Waals surface area contributed by atoms with Crippen LogP contribution in [0.4, 0.5) is 5.69 Å². The molecule has 3 aliphatic heterocycles. The molecule has 8 heteroatoms. The average Bonchev–Trinajstić information content (AvgIpc) is 3.61. The van der Waals surface area contributed by atoms with Crippen LogP contribution in [-0.2, 0) is 23.9 Å². The van der Waals surface area contributed by atoms with Crippen molar-refractivity contribution in [1.29, 1.82) is 0 Å². The topological polar surface area (TPSA) is 96.4 Å². The fraction of sp³-hybridized carbons (Fsp3) is 0.469. The SMILES string of the molecule is C=CCOC(=O)[C@@H]1[C@@H]2CCC3(O2)C(C(=O)N(CC=C)c2ccc4ccccc4c2)N(CCCCCCO)C(=O)[C@H]13. The Morgan fingerprint density at radius 1 is 1.10 bits per heavy atom. The summed E-state index contributed by atoms with van der Waals surface area (Å²) in [6.45, 7) is 8.33. The van der Waals surface area contributed by atoms with Gasteiger partial charge in [0.25, 0.3) is 5.91 Å². The van der Waals surface area contributed by atoms with E-state index in [0.717, 1.165) is 23.6 Å². The second kappa shape index (κ2) is 11.9. The molecule has 3 saturated heterocycles. The molecule has 212 valence electrons. The van der Waals surface area contributed by atoms with E-state index < -0.39 is 35.6 Å². The molecule has 5 atom stereocenters.